The van der Waals surface area contributed by atoms with E-state index in [4.69, 9.17) is 10.00 Å². The topological polar surface area (TPSA) is 92.8 Å². The number of hydrogen-bond donors (Lipinski definition) is 1. The molecule has 0 bridgehead atoms. The summed E-state index contributed by atoms with van der Waals surface area (Å²) in [6, 6.07) is 13.2. The standard InChI is InChI=1S/C18H17N5O2S2/c1-12(25-14-6-4-3-5-7-14)16-21-22-18(23(16)2)27-11-15(24)20-17-13(10-19)8-9-26-17/h3-9,12H,11H2,1-2H3,(H,20,24). The van der Waals surface area contributed by atoms with Crippen LogP contribution in [0.5, 0.6) is 5.75 Å². The zero-order valence-electron chi connectivity index (χ0n) is 14.7. The Morgan fingerprint density at radius 3 is 2.89 bits per heavy atom. The second-order valence-corrected chi connectivity index (χ2v) is 7.44. The van der Waals surface area contributed by atoms with E-state index in [1.807, 2.05) is 54.9 Å². The average Bonchev–Trinajstić information content (AvgIpc) is 3.27. The second kappa shape index (κ2) is 8.70. The van der Waals surface area contributed by atoms with E-state index in [2.05, 4.69) is 15.5 Å². The van der Waals surface area contributed by atoms with Crippen LogP contribution in [-0.4, -0.2) is 26.4 Å². The molecule has 2 aromatic heterocycles. The molecule has 1 unspecified atom stereocenters. The van der Waals surface area contributed by atoms with Crippen LogP contribution in [0.4, 0.5) is 5.00 Å². The van der Waals surface area contributed by atoms with E-state index < -0.39 is 0 Å². The fraction of sp³-hybridized carbons (Fsp3) is 0.222. The third kappa shape index (κ3) is 4.67. The van der Waals surface area contributed by atoms with E-state index in [1.165, 1.54) is 23.1 Å². The molecule has 1 aromatic carbocycles. The first-order valence-electron chi connectivity index (χ1n) is 8.09. The van der Waals surface area contributed by atoms with Crippen molar-refractivity contribution in [2.24, 2.45) is 7.05 Å². The summed E-state index contributed by atoms with van der Waals surface area (Å²) in [6.45, 7) is 1.90. The molecule has 9 heteroatoms. The number of anilines is 1. The number of rotatable bonds is 7. The molecular formula is C18H17N5O2S2. The summed E-state index contributed by atoms with van der Waals surface area (Å²) in [5, 5.41) is 23.0. The molecule has 0 saturated heterocycles. The zero-order valence-corrected chi connectivity index (χ0v) is 16.4. The third-order valence-electron chi connectivity index (χ3n) is 3.66. The highest BCUT2D eigenvalue weighted by Crippen LogP contribution is 2.25. The average molecular weight is 400 g/mol. The van der Waals surface area contributed by atoms with Crippen molar-refractivity contribution >= 4 is 34.0 Å². The van der Waals surface area contributed by atoms with Gasteiger partial charge in [-0.3, -0.25) is 4.79 Å². The number of amides is 1. The fourth-order valence-corrected chi connectivity index (χ4v) is 3.82. The Hall–Kier alpha value is -2.83. The minimum absolute atomic E-state index is 0.169. The molecule has 0 aliphatic carbocycles. The summed E-state index contributed by atoms with van der Waals surface area (Å²) in [4.78, 5) is 12.1. The number of para-hydroxylation sites is 1. The summed E-state index contributed by atoms with van der Waals surface area (Å²) in [6.07, 6.45) is -0.280. The number of nitrogens with zero attached hydrogens (tertiary/aromatic N) is 4. The Balaban J connectivity index is 1.58. The van der Waals surface area contributed by atoms with Gasteiger partial charge in [-0.15, -0.1) is 21.5 Å². The van der Waals surface area contributed by atoms with Crippen molar-refractivity contribution in [3.05, 3.63) is 53.2 Å². The van der Waals surface area contributed by atoms with Crippen LogP contribution in [0.25, 0.3) is 0 Å². The molecule has 27 heavy (non-hydrogen) atoms. The van der Waals surface area contributed by atoms with Gasteiger partial charge in [0.05, 0.1) is 11.3 Å². The van der Waals surface area contributed by atoms with Crippen LogP contribution in [0.3, 0.4) is 0 Å². The predicted octanol–water partition coefficient (Wildman–Crippen LogP) is 3.62. The van der Waals surface area contributed by atoms with Gasteiger partial charge in [-0.25, -0.2) is 0 Å². The molecule has 2 heterocycles. The largest absolute Gasteiger partial charge is 0.483 e. The van der Waals surface area contributed by atoms with Gasteiger partial charge in [0, 0.05) is 7.05 Å². The Kier molecular flexibility index (Phi) is 6.11. The first kappa shape index (κ1) is 18.9. The Morgan fingerprint density at radius 2 is 2.15 bits per heavy atom. The second-order valence-electron chi connectivity index (χ2n) is 5.58. The number of nitriles is 1. The highest BCUT2D eigenvalue weighted by Gasteiger charge is 2.18. The number of aromatic nitrogens is 3. The quantitative estimate of drug-likeness (QED) is 0.610. The minimum Gasteiger partial charge on any atom is -0.483 e. The van der Waals surface area contributed by atoms with E-state index in [1.54, 1.807) is 11.4 Å². The number of thioether (sulfide) groups is 1. The van der Waals surface area contributed by atoms with E-state index in [9.17, 15) is 4.79 Å². The number of benzene rings is 1. The maximum absolute atomic E-state index is 12.1. The summed E-state index contributed by atoms with van der Waals surface area (Å²) >= 11 is 2.60. The van der Waals surface area contributed by atoms with E-state index in [-0.39, 0.29) is 17.8 Å². The Labute approximate surface area is 165 Å². The number of ether oxygens (including phenoxy) is 1. The zero-order chi connectivity index (χ0) is 19.2. The van der Waals surface area contributed by atoms with Gasteiger partial charge >= 0.3 is 0 Å². The molecule has 0 aliphatic rings. The Morgan fingerprint density at radius 1 is 1.37 bits per heavy atom. The molecule has 0 radical (unpaired) electrons. The number of nitrogens with one attached hydrogen (secondary N) is 1. The van der Waals surface area contributed by atoms with Crippen LogP contribution >= 0.6 is 23.1 Å². The van der Waals surface area contributed by atoms with Crippen molar-refractivity contribution in [2.45, 2.75) is 18.2 Å². The normalized spacial score (nSPS) is 11.6. The van der Waals surface area contributed by atoms with Crippen LogP contribution in [0.2, 0.25) is 0 Å². The van der Waals surface area contributed by atoms with E-state index in [0.29, 0.717) is 21.5 Å². The SMILES string of the molecule is CC(Oc1ccccc1)c1nnc(SCC(=O)Nc2sccc2C#N)n1C. The van der Waals surface area contributed by atoms with Crippen molar-refractivity contribution in [3.8, 4) is 11.8 Å². The molecule has 138 valence electrons. The van der Waals surface area contributed by atoms with Crippen LogP contribution < -0.4 is 10.1 Å². The minimum atomic E-state index is -0.280. The fourth-order valence-electron chi connectivity index (χ4n) is 2.35. The lowest BCUT2D eigenvalue weighted by Crippen LogP contribution is -2.14. The summed E-state index contributed by atoms with van der Waals surface area (Å²) < 4.78 is 7.69. The maximum atomic E-state index is 12.1. The first-order chi connectivity index (χ1) is 13.1. The molecule has 3 rings (SSSR count). The van der Waals surface area contributed by atoms with E-state index >= 15 is 0 Å². The van der Waals surface area contributed by atoms with Gasteiger partial charge in [0.1, 0.15) is 16.8 Å². The summed E-state index contributed by atoms with van der Waals surface area (Å²) in [5.41, 5.74) is 0.464. The lowest BCUT2D eigenvalue weighted by Gasteiger charge is -2.14. The van der Waals surface area contributed by atoms with Gasteiger partial charge in [0.25, 0.3) is 0 Å². The maximum Gasteiger partial charge on any atom is 0.235 e. The van der Waals surface area contributed by atoms with Crippen molar-refractivity contribution in [3.63, 3.8) is 0 Å². The molecular weight excluding hydrogens is 382 g/mol. The van der Waals surface area contributed by atoms with Crippen molar-refractivity contribution in [1.29, 1.82) is 5.26 Å². The monoisotopic (exact) mass is 399 g/mol. The van der Waals surface area contributed by atoms with Crippen molar-refractivity contribution < 1.29 is 9.53 Å². The Bertz CT molecular complexity index is 962. The van der Waals surface area contributed by atoms with Crippen LogP contribution in [0.15, 0.2) is 46.9 Å². The summed E-state index contributed by atoms with van der Waals surface area (Å²) in [5.74, 6) is 1.40. The van der Waals surface area contributed by atoms with Gasteiger partial charge in [-0.2, -0.15) is 5.26 Å². The molecule has 0 saturated carbocycles. The van der Waals surface area contributed by atoms with Gasteiger partial charge in [0.15, 0.2) is 17.1 Å². The third-order valence-corrected chi connectivity index (χ3v) is 5.51. The van der Waals surface area contributed by atoms with Gasteiger partial charge < -0.3 is 14.6 Å². The number of hydrogen-bond acceptors (Lipinski definition) is 7. The first-order valence-corrected chi connectivity index (χ1v) is 9.96. The molecule has 0 aliphatic heterocycles. The molecule has 3 aromatic rings. The van der Waals surface area contributed by atoms with Crippen LogP contribution in [0.1, 0.15) is 24.4 Å². The summed E-state index contributed by atoms with van der Waals surface area (Å²) in [7, 11) is 1.84. The molecule has 7 nitrogen and oxygen atoms in total. The number of carbonyl (C=O) groups is 1. The number of carbonyl (C=O) groups excluding carboxylic acids is 1. The van der Waals surface area contributed by atoms with Crippen LogP contribution in [-0.2, 0) is 11.8 Å². The number of thiophene rings is 1. The van der Waals surface area contributed by atoms with Crippen LogP contribution in [0, 0.1) is 11.3 Å². The smallest absolute Gasteiger partial charge is 0.235 e. The molecule has 1 amide bonds. The predicted molar refractivity (Wildman–Crippen MR) is 105 cm³/mol. The van der Waals surface area contributed by atoms with Gasteiger partial charge in [-0.1, -0.05) is 30.0 Å². The van der Waals surface area contributed by atoms with E-state index in [0.717, 1.165) is 5.75 Å². The lowest BCUT2D eigenvalue weighted by atomic mass is 10.3. The lowest BCUT2D eigenvalue weighted by molar-refractivity contribution is -0.113. The van der Waals surface area contributed by atoms with Crippen molar-refractivity contribution in [1.82, 2.24) is 14.8 Å². The molecule has 1 N–H and O–H groups in total. The van der Waals surface area contributed by atoms with Gasteiger partial charge in [-0.05, 0) is 30.5 Å². The van der Waals surface area contributed by atoms with Gasteiger partial charge in [0.2, 0.25) is 5.91 Å². The van der Waals surface area contributed by atoms with Crippen molar-refractivity contribution in [2.75, 3.05) is 11.1 Å². The highest BCUT2D eigenvalue weighted by molar-refractivity contribution is 7.99. The molecule has 0 spiro atoms. The highest BCUT2D eigenvalue weighted by atomic mass is 32.2. The molecule has 0 fully saturated rings. The molecule has 1 atom stereocenters.